The summed E-state index contributed by atoms with van der Waals surface area (Å²) in [6, 6.07) is 11.4. The van der Waals surface area contributed by atoms with E-state index in [9.17, 15) is 0 Å². The van der Waals surface area contributed by atoms with Crippen LogP contribution in [0.15, 0.2) is 65.0 Å². The number of rotatable bonds is 9. The molecule has 3 heterocycles. The van der Waals surface area contributed by atoms with Crippen molar-refractivity contribution in [3.8, 4) is 0 Å². The topological polar surface area (TPSA) is 86.2 Å². The molecule has 0 radical (unpaired) electrons. The van der Waals surface area contributed by atoms with Crippen LogP contribution in [0.3, 0.4) is 0 Å². The zero-order valence-electron chi connectivity index (χ0n) is 19.0. The van der Waals surface area contributed by atoms with E-state index in [1.165, 1.54) is 0 Å². The van der Waals surface area contributed by atoms with Crippen LogP contribution in [0.4, 0.5) is 0 Å². The maximum atomic E-state index is 6.16. The summed E-state index contributed by atoms with van der Waals surface area (Å²) in [5.74, 6) is 1.90. The van der Waals surface area contributed by atoms with Gasteiger partial charge in [-0.3, -0.25) is 0 Å². The molecule has 3 rings (SSSR count). The molecule has 0 spiro atoms. The Morgan fingerprint density at radius 2 is 0.875 bits per heavy atom. The molecule has 9 nitrogen and oxygen atoms in total. The van der Waals surface area contributed by atoms with Crippen molar-refractivity contribution in [2.24, 2.45) is 15.3 Å². The van der Waals surface area contributed by atoms with E-state index in [0.717, 1.165) is 0 Å². The van der Waals surface area contributed by atoms with Gasteiger partial charge in [-0.05, 0) is 0 Å². The summed E-state index contributed by atoms with van der Waals surface area (Å²) in [5.41, 5.74) is -0.308. The predicted molar refractivity (Wildman–Crippen MR) is 132 cm³/mol. The normalized spacial score (nSPS) is 12.4. The molecule has 0 aliphatic heterocycles. The third kappa shape index (κ3) is 5.71. The van der Waals surface area contributed by atoms with Crippen molar-refractivity contribution in [3.63, 3.8) is 0 Å². The Morgan fingerprint density at radius 1 is 0.594 bits per heavy atom. The number of hydrogen-bond acceptors (Lipinski definition) is 9. The summed E-state index contributed by atoms with van der Waals surface area (Å²) in [6.07, 6.45) is 5.01. The van der Waals surface area contributed by atoms with Gasteiger partial charge in [-0.1, -0.05) is 0 Å². The molecule has 0 aliphatic carbocycles. The molecule has 3 aromatic heterocycles. The van der Waals surface area contributed by atoms with Crippen molar-refractivity contribution in [3.05, 3.63) is 53.7 Å². The van der Waals surface area contributed by atoms with E-state index in [4.69, 9.17) is 13.3 Å². The van der Waals surface area contributed by atoms with E-state index in [1.54, 1.807) is 33.7 Å². The molecule has 0 fully saturated rings. The van der Waals surface area contributed by atoms with Crippen molar-refractivity contribution < 1.29 is 13.3 Å². The fraction of sp³-hybridized carbons (Fsp3) is 0.286. The van der Waals surface area contributed by atoms with Crippen LogP contribution >= 0.6 is 5.51 Å². The Hall–Kier alpha value is -2.80. The standard InChI is InChI=1S/C21H27N6O3PSe/c1-25(2)22-13-16-7-10-19(28-16)31(32,20-11-8-17(29-20)14-23-26(3)4)21-12-9-18(30-21)15-24-27(5)6/h7-15H,1-6H3/b22-13+,23-14+,24-15+. The third-order valence-electron chi connectivity index (χ3n) is 4.02. The van der Waals surface area contributed by atoms with Crippen molar-refractivity contribution in [1.82, 2.24) is 15.0 Å². The number of hydrogen-bond donors (Lipinski definition) is 0. The number of hydrazone groups is 3. The van der Waals surface area contributed by atoms with E-state index in [0.29, 0.717) is 33.8 Å². The maximum absolute atomic E-state index is 6.16. The van der Waals surface area contributed by atoms with E-state index < -0.39 is 5.51 Å². The molecule has 0 atom stereocenters. The fourth-order valence-corrected chi connectivity index (χ4v) is 6.65. The van der Waals surface area contributed by atoms with Crippen molar-refractivity contribution in [2.75, 3.05) is 42.3 Å². The summed E-state index contributed by atoms with van der Waals surface area (Å²) < 4.78 is 18.5. The van der Waals surface area contributed by atoms with Gasteiger partial charge in [0.2, 0.25) is 0 Å². The van der Waals surface area contributed by atoms with Crippen LogP contribution in [0.1, 0.15) is 17.3 Å². The number of furan rings is 3. The minimum atomic E-state index is -2.46. The third-order valence-corrected chi connectivity index (χ3v) is 10.00. The first-order chi connectivity index (χ1) is 15.2. The molecule has 3 aromatic rings. The minimum absolute atomic E-state index is 0.634. The zero-order chi connectivity index (χ0) is 23.3. The molecule has 11 heteroatoms. The molecule has 0 N–H and O–H groups in total. The first-order valence-electron chi connectivity index (χ1n) is 9.73. The summed E-state index contributed by atoms with van der Waals surface area (Å²) in [7, 11) is 11.1. The second-order valence-electron chi connectivity index (χ2n) is 7.41. The van der Waals surface area contributed by atoms with Crippen LogP contribution < -0.4 is 16.5 Å². The van der Waals surface area contributed by atoms with Crippen LogP contribution in [0.2, 0.25) is 0 Å². The number of nitrogens with zero attached hydrogens (tertiary/aromatic N) is 6. The second-order valence-corrected chi connectivity index (χ2v) is 13.4. The van der Waals surface area contributed by atoms with Crippen molar-refractivity contribution in [1.29, 1.82) is 0 Å². The van der Waals surface area contributed by atoms with Gasteiger partial charge in [0.05, 0.1) is 0 Å². The van der Waals surface area contributed by atoms with Gasteiger partial charge in [-0.25, -0.2) is 0 Å². The Labute approximate surface area is 195 Å². The van der Waals surface area contributed by atoms with E-state index >= 15 is 0 Å². The molecule has 0 amide bonds. The summed E-state index contributed by atoms with van der Waals surface area (Å²) in [5, 5.41) is 17.9. The van der Waals surface area contributed by atoms with Gasteiger partial charge in [0.15, 0.2) is 0 Å². The van der Waals surface area contributed by atoms with E-state index in [1.807, 2.05) is 78.7 Å². The Bertz CT molecular complexity index is 1030. The Balaban J connectivity index is 2.07. The predicted octanol–water partition coefficient (Wildman–Crippen LogP) is 1.53. The van der Waals surface area contributed by atoms with Crippen LogP contribution in [-0.4, -0.2) is 91.1 Å². The summed E-state index contributed by atoms with van der Waals surface area (Å²) >= 11 is 3.34. The van der Waals surface area contributed by atoms with Crippen molar-refractivity contribution >= 4 is 55.8 Å². The molecule has 0 saturated carbocycles. The monoisotopic (exact) mass is 522 g/mol. The van der Waals surface area contributed by atoms with Gasteiger partial charge in [-0.2, -0.15) is 0 Å². The van der Waals surface area contributed by atoms with Crippen LogP contribution in [0.5, 0.6) is 0 Å². The molecular formula is C21H27N6O3PSe. The van der Waals surface area contributed by atoms with E-state index in [-0.39, 0.29) is 0 Å². The molecule has 0 aromatic carbocycles. The SMILES string of the molecule is CN(C)/N=C/c1ccc(P(=[Se])(c2ccc(/C=N/N(C)C)o2)c2ccc(/C=N/N(C)C)o2)o1. The van der Waals surface area contributed by atoms with Gasteiger partial charge < -0.3 is 0 Å². The summed E-state index contributed by atoms with van der Waals surface area (Å²) in [6.45, 7) is 0. The molecule has 0 saturated heterocycles. The van der Waals surface area contributed by atoms with Gasteiger partial charge in [0.1, 0.15) is 0 Å². The average molecular weight is 521 g/mol. The molecule has 0 aliphatic rings. The molecule has 0 bridgehead atoms. The van der Waals surface area contributed by atoms with Gasteiger partial charge in [-0.15, -0.1) is 0 Å². The summed E-state index contributed by atoms with van der Waals surface area (Å²) in [4.78, 5) is 0. The van der Waals surface area contributed by atoms with Gasteiger partial charge >= 0.3 is 195 Å². The second kappa shape index (κ2) is 10.2. The average Bonchev–Trinajstić information content (AvgIpc) is 3.49. The van der Waals surface area contributed by atoms with Crippen molar-refractivity contribution in [2.45, 2.75) is 0 Å². The first kappa shape index (κ1) is 23.9. The Kier molecular flexibility index (Phi) is 7.61. The molecule has 170 valence electrons. The van der Waals surface area contributed by atoms with Crippen LogP contribution in [0.25, 0.3) is 0 Å². The van der Waals surface area contributed by atoms with Gasteiger partial charge in [0.25, 0.3) is 0 Å². The molecule has 32 heavy (non-hydrogen) atoms. The van der Waals surface area contributed by atoms with E-state index in [2.05, 4.69) is 30.4 Å². The van der Waals surface area contributed by atoms with Crippen LogP contribution in [-0.2, 0) is 0 Å². The quantitative estimate of drug-likeness (QED) is 0.184. The molecule has 0 unspecified atom stereocenters. The van der Waals surface area contributed by atoms with Crippen LogP contribution in [0, 0.1) is 0 Å². The fourth-order valence-electron chi connectivity index (χ4n) is 2.59. The van der Waals surface area contributed by atoms with Gasteiger partial charge in [0, 0.05) is 0 Å². The first-order valence-corrected chi connectivity index (χ1v) is 13.7. The zero-order valence-corrected chi connectivity index (χ0v) is 21.6. The Morgan fingerprint density at radius 3 is 1.12 bits per heavy atom. The molecular weight excluding hydrogens is 494 g/mol.